The van der Waals surface area contributed by atoms with Crippen LogP contribution in [0.25, 0.3) is 11.2 Å². The Balaban J connectivity index is 1.86. The number of fused-ring (bicyclic) bond motifs is 1. The van der Waals surface area contributed by atoms with Crippen molar-refractivity contribution in [1.29, 1.82) is 0 Å². The number of aromatic amines is 1. The van der Waals surface area contributed by atoms with Crippen molar-refractivity contribution in [2.75, 3.05) is 12.1 Å². The third-order valence-corrected chi connectivity index (χ3v) is 3.72. The molecule has 0 aliphatic carbocycles. The number of hydrogen-bond donors (Lipinski definition) is 5. The summed E-state index contributed by atoms with van der Waals surface area (Å²) in [5.74, 6) is -0.201. The minimum absolute atomic E-state index is 0.0440. The van der Waals surface area contributed by atoms with E-state index in [1.807, 2.05) is 0 Å². The molecule has 0 amide bonds. The first-order valence-electron chi connectivity index (χ1n) is 6.53. The standard InChI is InChI=1S/C10H13FN5O7P/c11-3-5(18)9(22-23-24(20)2-17)21-8(3)16-1-13-4-6(16)14-10(12)15-7(4)19/h1,3,5,8-9,17-18,20H,2H2,(H3,12,14,15,19)/t3?,5-,8-,9-,24?/m1/s1. The van der Waals surface area contributed by atoms with Crippen molar-refractivity contribution >= 4 is 25.5 Å². The number of aromatic nitrogens is 4. The molecule has 1 aliphatic heterocycles. The number of nitrogens with two attached hydrogens (primary N) is 1. The lowest BCUT2D eigenvalue weighted by Crippen LogP contribution is -2.30. The van der Waals surface area contributed by atoms with Gasteiger partial charge in [-0.05, 0) is 0 Å². The maximum atomic E-state index is 14.3. The fourth-order valence-corrected chi connectivity index (χ4v) is 2.39. The number of imidazole rings is 1. The van der Waals surface area contributed by atoms with Crippen LogP contribution in [-0.2, 0) is 14.3 Å². The van der Waals surface area contributed by atoms with Gasteiger partial charge in [-0.25, -0.2) is 9.37 Å². The Morgan fingerprint density at radius 2 is 2.33 bits per heavy atom. The number of alkyl halides is 1. The second-order valence-electron chi connectivity index (χ2n) is 4.77. The molecule has 12 nitrogen and oxygen atoms in total. The molecule has 14 heteroatoms. The van der Waals surface area contributed by atoms with Crippen molar-refractivity contribution in [2.45, 2.75) is 24.8 Å². The van der Waals surface area contributed by atoms with Gasteiger partial charge in [-0.1, -0.05) is 0 Å². The van der Waals surface area contributed by atoms with E-state index in [1.54, 1.807) is 0 Å². The fourth-order valence-electron chi connectivity index (χ4n) is 2.16. The first kappa shape index (κ1) is 17.1. The predicted octanol–water partition coefficient (Wildman–Crippen LogP) is -1.54. The van der Waals surface area contributed by atoms with Crippen LogP contribution in [0.3, 0.4) is 0 Å². The molecule has 0 saturated carbocycles. The van der Waals surface area contributed by atoms with Crippen molar-refractivity contribution in [1.82, 2.24) is 19.5 Å². The second-order valence-corrected chi connectivity index (χ2v) is 5.91. The van der Waals surface area contributed by atoms with Gasteiger partial charge in [0, 0.05) is 0 Å². The number of halogens is 1. The first-order chi connectivity index (χ1) is 11.4. The van der Waals surface area contributed by atoms with Crippen LogP contribution < -0.4 is 11.3 Å². The number of ether oxygens (including phenoxy) is 1. The number of nitrogen functional groups attached to an aromatic ring is 1. The molecule has 1 aliphatic rings. The zero-order valence-corrected chi connectivity index (χ0v) is 12.7. The third kappa shape index (κ3) is 2.98. The Morgan fingerprint density at radius 1 is 1.58 bits per heavy atom. The maximum absolute atomic E-state index is 14.3. The van der Waals surface area contributed by atoms with Gasteiger partial charge in [0.2, 0.25) is 20.6 Å². The Labute approximate surface area is 133 Å². The highest BCUT2D eigenvalue weighted by Crippen LogP contribution is 2.37. The largest absolute Gasteiger partial charge is 0.387 e. The fraction of sp³-hybridized carbons (Fsp3) is 0.500. The minimum Gasteiger partial charge on any atom is -0.387 e. The van der Waals surface area contributed by atoms with Crippen LogP contribution >= 0.6 is 8.38 Å². The van der Waals surface area contributed by atoms with Crippen molar-refractivity contribution in [3.8, 4) is 0 Å². The van der Waals surface area contributed by atoms with Crippen LogP contribution in [0.5, 0.6) is 0 Å². The van der Waals surface area contributed by atoms with E-state index < -0.39 is 45.1 Å². The Bertz CT molecular complexity index is 787. The quantitative estimate of drug-likeness (QED) is 0.237. The number of H-pyrrole nitrogens is 1. The van der Waals surface area contributed by atoms with Crippen LogP contribution in [0, 0.1) is 0 Å². The van der Waals surface area contributed by atoms with E-state index in [0.717, 1.165) is 10.9 Å². The molecule has 2 aromatic heterocycles. The maximum Gasteiger partial charge on any atom is 0.280 e. The molecule has 0 spiro atoms. The third-order valence-electron chi connectivity index (χ3n) is 3.22. The van der Waals surface area contributed by atoms with Gasteiger partial charge in [0.05, 0.1) is 6.33 Å². The molecule has 0 aromatic carbocycles. The zero-order valence-electron chi connectivity index (χ0n) is 11.8. The smallest absolute Gasteiger partial charge is 0.280 e. The van der Waals surface area contributed by atoms with E-state index in [1.165, 1.54) is 0 Å². The van der Waals surface area contributed by atoms with E-state index >= 15 is 0 Å². The molecule has 5 atom stereocenters. The van der Waals surface area contributed by atoms with Crippen LogP contribution in [0.2, 0.25) is 0 Å². The summed E-state index contributed by atoms with van der Waals surface area (Å²) in [6, 6.07) is 0. The molecular weight excluding hydrogens is 352 g/mol. The molecular formula is C10H13FN5O7P. The van der Waals surface area contributed by atoms with Gasteiger partial charge in [-0.2, -0.15) is 14.5 Å². The number of aliphatic hydroxyl groups is 2. The van der Waals surface area contributed by atoms with E-state index in [9.17, 15) is 14.3 Å². The lowest BCUT2D eigenvalue weighted by atomic mass is 10.2. The molecule has 132 valence electrons. The second kappa shape index (κ2) is 6.64. The van der Waals surface area contributed by atoms with Gasteiger partial charge in [0.15, 0.2) is 23.6 Å². The van der Waals surface area contributed by atoms with Crippen LogP contribution in [0.15, 0.2) is 11.1 Å². The van der Waals surface area contributed by atoms with Gasteiger partial charge in [-0.3, -0.25) is 14.3 Å². The molecule has 2 aromatic rings. The van der Waals surface area contributed by atoms with Gasteiger partial charge >= 0.3 is 0 Å². The average molecular weight is 365 g/mol. The predicted molar refractivity (Wildman–Crippen MR) is 75.8 cm³/mol. The molecule has 3 rings (SSSR count). The summed E-state index contributed by atoms with van der Waals surface area (Å²) in [5.41, 5.74) is 4.70. The highest BCUT2D eigenvalue weighted by molar-refractivity contribution is 7.45. The number of hydrogen-bond acceptors (Lipinski definition) is 10. The van der Waals surface area contributed by atoms with E-state index in [2.05, 4.69) is 24.5 Å². The minimum atomic E-state index is -2.30. The summed E-state index contributed by atoms with van der Waals surface area (Å²) in [5, 5.41) is 18.4. The Hall–Kier alpha value is -1.73. The summed E-state index contributed by atoms with van der Waals surface area (Å²) in [4.78, 5) is 35.3. The summed E-state index contributed by atoms with van der Waals surface area (Å²) < 4.78 is 25.0. The number of anilines is 1. The van der Waals surface area contributed by atoms with Gasteiger partial charge in [-0.15, -0.1) is 0 Å². The number of nitrogens with zero attached hydrogens (tertiary/aromatic N) is 3. The molecule has 1 saturated heterocycles. The SMILES string of the molecule is Nc1nc2c(ncn2[C@@H]2O[C@H](OOP(O)CO)[C@H](O)C2F)c(=O)[nH]1. The van der Waals surface area contributed by atoms with Gasteiger partial charge < -0.3 is 25.6 Å². The molecule has 1 fully saturated rings. The van der Waals surface area contributed by atoms with E-state index in [4.69, 9.17) is 20.5 Å². The van der Waals surface area contributed by atoms with Crippen molar-refractivity contribution in [3.63, 3.8) is 0 Å². The lowest BCUT2D eigenvalue weighted by molar-refractivity contribution is -0.332. The average Bonchev–Trinajstić information content (AvgIpc) is 3.08. The highest BCUT2D eigenvalue weighted by Gasteiger charge is 2.47. The molecule has 24 heavy (non-hydrogen) atoms. The van der Waals surface area contributed by atoms with Crippen LogP contribution in [-0.4, -0.2) is 59.5 Å². The van der Waals surface area contributed by atoms with Gasteiger partial charge in [0.1, 0.15) is 12.5 Å². The first-order valence-corrected chi connectivity index (χ1v) is 7.92. The summed E-state index contributed by atoms with van der Waals surface area (Å²) in [7, 11) is -2.30. The van der Waals surface area contributed by atoms with E-state index in [-0.39, 0.29) is 17.1 Å². The summed E-state index contributed by atoms with van der Waals surface area (Å²) in [6.45, 7) is 0. The van der Waals surface area contributed by atoms with Gasteiger partial charge in [0.25, 0.3) is 5.56 Å². The van der Waals surface area contributed by atoms with Crippen molar-refractivity contribution in [2.24, 2.45) is 0 Å². The molecule has 6 N–H and O–H groups in total. The summed E-state index contributed by atoms with van der Waals surface area (Å²) in [6.07, 6.45) is -6.34. The molecule has 3 heterocycles. The monoisotopic (exact) mass is 365 g/mol. The van der Waals surface area contributed by atoms with Crippen molar-refractivity contribution in [3.05, 3.63) is 16.7 Å². The van der Waals surface area contributed by atoms with E-state index in [0.29, 0.717) is 0 Å². The Kier molecular flexibility index (Phi) is 4.73. The topological polar surface area (TPSA) is 178 Å². The van der Waals surface area contributed by atoms with Crippen LogP contribution in [0.1, 0.15) is 6.23 Å². The number of rotatable bonds is 5. The lowest BCUT2D eigenvalue weighted by Gasteiger charge is -2.15. The summed E-state index contributed by atoms with van der Waals surface area (Å²) >= 11 is 0. The van der Waals surface area contributed by atoms with Crippen LogP contribution in [0.4, 0.5) is 10.3 Å². The molecule has 0 bridgehead atoms. The molecule has 2 unspecified atom stereocenters. The highest BCUT2D eigenvalue weighted by atomic mass is 31.2. The zero-order chi connectivity index (χ0) is 17.4. The van der Waals surface area contributed by atoms with Crippen molar-refractivity contribution < 1.29 is 33.8 Å². The number of aliphatic hydroxyl groups excluding tert-OH is 2. The normalized spacial score (nSPS) is 28.5. The number of nitrogens with one attached hydrogen (secondary N) is 1. The Morgan fingerprint density at radius 3 is 3.04 bits per heavy atom. The molecule has 0 radical (unpaired) electrons.